The Morgan fingerprint density at radius 2 is 1.86 bits per heavy atom. The molecule has 1 atom stereocenters. The predicted molar refractivity (Wildman–Crippen MR) is 161 cm³/mol. The van der Waals surface area contributed by atoms with E-state index in [1.807, 2.05) is 26.2 Å². The van der Waals surface area contributed by atoms with Gasteiger partial charge >= 0.3 is 0 Å². The second-order valence-electron chi connectivity index (χ2n) is 10.8. The molecule has 0 aliphatic carbocycles. The number of carbonyl (C=O) groups excluding carboxylic acids is 1. The molecule has 1 amide bonds. The Labute approximate surface area is 244 Å². The largest absolute Gasteiger partial charge is 0.381 e. The molecule has 1 saturated heterocycles. The van der Waals surface area contributed by atoms with E-state index in [9.17, 15) is 17.6 Å². The van der Waals surface area contributed by atoms with Crippen LogP contribution in [0.4, 0.5) is 21.6 Å². The van der Waals surface area contributed by atoms with Crippen LogP contribution in [-0.4, -0.2) is 75.4 Å². The summed E-state index contributed by atoms with van der Waals surface area (Å²) in [6.45, 7) is 4.24. The molecule has 1 unspecified atom stereocenters. The van der Waals surface area contributed by atoms with Gasteiger partial charge < -0.3 is 25.6 Å². The first kappa shape index (κ1) is 29.5. The molecule has 1 aliphatic heterocycles. The van der Waals surface area contributed by atoms with E-state index in [0.29, 0.717) is 35.4 Å². The summed E-state index contributed by atoms with van der Waals surface area (Å²) in [4.78, 5) is 15.5. The van der Waals surface area contributed by atoms with E-state index in [1.165, 1.54) is 30.3 Å². The van der Waals surface area contributed by atoms with Gasteiger partial charge in [-0.25, -0.2) is 12.8 Å². The molecular formula is C30H35FN6O4S. The lowest BCUT2D eigenvalue weighted by Gasteiger charge is -2.26. The van der Waals surface area contributed by atoms with Gasteiger partial charge in [0.15, 0.2) is 5.82 Å². The number of anilines is 3. The van der Waals surface area contributed by atoms with E-state index in [1.54, 1.807) is 12.1 Å². The van der Waals surface area contributed by atoms with Crippen molar-refractivity contribution in [3.8, 4) is 0 Å². The third-order valence-corrected chi connectivity index (χ3v) is 8.83. The Bertz CT molecular complexity index is 1680. The second kappa shape index (κ2) is 12.5. The van der Waals surface area contributed by atoms with E-state index < -0.39 is 21.6 Å². The third-order valence-electron chi connectivity index (χ3n) is 7.08. The lowest BCUT2D eigenvalue weighted by Crippen LogP contribution is -2.30. The molecule has 5 rings (SSSR count). The topological polar surface area (TPSA) is 128 Å². The number of benzene rings is 3. The van der Waals surface area contributed by atoms with Crippen molar-refractivity contribution < 1.29 is 22.3 Å². The smallest absolute Gasteiger partial charge is 0.258 e. The summed E-state index contributed by atoms with van der Waals surface area (Å²) in [6, 6.07) is 15.2. The fraction of sp³-hybridized carbons (Fsp3) is 0.333. The van der Waals surface area contributed by atoms with Crippen LogP contribution in [0.15, 0.2) is 70.5 Å². The summed E-state index contributed by atoms with van der Waals surface area (Å²) in [5.41, 5.74) is 2.52. The zero-order chi connectivity index (χ0) is 29.9. The maximum atomic E-state index is 13.8. The van der Waals surface area contributed by atoms with Crippen molar-refractivity contribution in [3.05, 3.63) is 72.0 Å². The Morgan fingerprint density at radius 3 is 2.60 bits per heavy atom. The van der Waals surface area contributed by atoms with Crippen molar-refractivity contribution >= 4 is 43.8 Å². The summed E-state index contributed by atoms with van der Waals surface area (Å²) in [5, 5.41) is 17.3. The highest BCUT2D eigenvalue weighted by molar-refractivity contribution is 7.91. The molecule has 0 saturated carbocycles. The fourth-order valence-electron chi connectivity index (χ4n) is 5.09. The van der Waals surface area contributed by atoms with E-state index in [0.717, 1.165) is 31.1 Å². The molecule has 1 fully saturated rings. The predicted octanol–water partition coefficient (Wildman–Crippen LogP) is 4.74. The lowest BCUT2D eigenvalue weighted by molar-refractivity contribution is 0.0904. The first-order valence-electron chi connectivity index (χ1n) is 13.8. The maximum absolute atomic E-state index is 13.8. The quantitative estimate of drug-likeness (QED) is 0.207. The summed E-state index contributed by atoms with van der Waals surface area (Å²) in [5.74, 6) is -0.860. The minimum Gasteiger partial charge on any atom is -0.381 e. The number of carbonyl (C=O) groups is 1. The number of sulfone groups is 1. The monoisotopic (exact) mass is 594 g/mol. The van der Waals surface area contributed by atoms with Crippen LogP contribution < -0.4 is 16.0 Å². The average molecular weight is 595 g/mol. The summed E-state index contributed by atoms with van der Waals surface area (Å²) >= 11 is 0. The first-order valence-corrected chi connectivity index (χ1v) is 15.3. The van der Waals surface area contributed by atoms with Crippen LogP contribution in [0.3, 0.4) is 0 Å². The van der Waals surface area contributed by atoms with Crippen LogP contribution in [0.5, 0.6) is 0 Å². The number of rotatable bonds is 10. The van der Waals surface area contributed by atoms with Gasteiger partial charge in [-0.15, -0.1) is 0 Å². The highest BCUT2D eigenvalue weighted by Gasteiger charge is 2.22. The van der Waals surface area contributed by atoms with Gasteiger partial charge in [-0.3, -0.25) is 9.89 Å². The molecule has 10 nitrogen and oxygen atoms in total. The average Bonchev–Trinajstić information content (AvgIpc) is 3.35. The molecule has 2 heterocycles. The van der Waals surface area contributed by atoms with Crippen LogP contribution in [0, 0.1) is 5.82 Å². The number of hydrogen-bond acceptors (Lipinski definition) is 8. The molecular weight excluding hydrogens is 559 g/mol. The molecule has 1 aromatic heterocycles. The normalized spacial score (nSPS) is 15.1. The summed E-state index contributed by atoms with van der Waals surface area (Å²) in [6.07, 6.45) is 1.64. The molecule has 0 spiro atoms. The van der Waals surface area contributed by atoms with Crippen molar-refractivity contribution in [1.82, 2.24) is 15.1 Å². The third kappa shape index (κ3) is 6.72. The van der Waals surface area contributed by atoms with Gasteiger partial charge in [0.05, 0.1) is 20.9 Å². The second-order valence-corrected chi connectivity index (χ2v) is 12.7. The Balaban J connectivity index is 1.43. The zero-order valence-electron chi connectivity index (χ0n) is 23.8. The maximum Gasteiger partial charge on any atom is 0.258 e. The van der Waals surface area contributed by atoms with Gasteiger partial charge in [0, 0.05) is 48.6 Å². The molecule has 3 aromatic carbocycles. The number of halogens is 1. The number of H-pyrrole nitrogens is 1. The molecule has 4 aromatic rings. The highest BCUT2D eigenvalue weighted by Crippen LogP contribution is 2.30. The highest BCUT2D eigenvalue weighted by atomic mass is 32.2. The lowest BCUT2D eigenvalue weighted by atomic mass is 10.1. The number of hydrogen-bond donors (Lipinski definition) is 4. The van der Waals surface area contributed by atoms with Crippen molar-refractivity contribution in [2.24, 2.45) is 0 Å². The number of aromatic nitrogens is 2. The van der Waals surface area contributed by atoms with Gasteiger partial charge in [0.2, 0.25) is 9.84 Å². The van der Waals surface area contributed by atoms with Crippen LogP contribution in [-0.2, 0) is 14.6 Å². The molecule has 4 N–H and O–H groups in total. The molecule has 1 aliphatic rings. The van der Waals surface area contributed by atoms with Gasteiger partial charge in [0.1, 0.15) is 5.82 Å². The van der Waals surface area contributed by atoms with Crippen LogP contribution >= 0.6 is 0 Å². The fourth-order valence-corrected chi connectivity index (χ4v) is 6.41. The van der Waals surface area contributed by atoms with E-state index in [4.69, 9.17) is 4.74 Å². The minimum absolute atomic E-state index is 0.0401. The Morgan fingerprint density at radius 1 is 1.10 bits per heavy atom. The minimum atomic E-state index is -4.00. The Kier molecular flexibility index (Phi) is 8.76. The molecule has 222 valence electrons. The number of ether oxygens (including phenoxy) is 1. The van der Waals surface area contributed by atoms with Crippen molar-refractivity contribution in [1.29, 1.82) is 0 Å². The number of aromatic amines is 1. The molecule has 42 heavy (non-hydrogen) atoms. The summed E-state index contributed by atoms with van der Waals surface area (Å²) < 4.78 is 45.7. The standard InChI is InChI=1S/C30H35FN6O4S/c1-19(18-37(2)3)32-22-7-9-25(28(16-22)33-21-11-13-41-14-12-21)30(38)34-29-26-17-24(8-10-27(26)35-36-29)42(39,40)23-6-4-5-20(31)15-23/h4-10,15-17,19,21,32-33H,11-14,18H2,1-3H3,(H2,34,35,36,38). The SMILES string of the molecule is CC(CN(C)C)Nc1ccc(C(=O)Nc2n[nH]c3ccc(S(=O)(=O)c4cccc(F)c4)cc23)c(NC2CCOCC2)c1. The van der Waals surface area contributed by atoms with Gasteiger partial charge in [-0.2, -0.15) is 5.10 Å². The Hall–Kier alpha value is -4.00. The molecule has 0 radical (unpaired) electrons. The van der Waals surface area contributed by atoms with Crippen LogP contribution in [0.2, 0.25) is 0 Å². The van der Waals surface area contributed by atoms with E-state index in [2.05, 4.69) is 38.0 Å². The number of likely N-dealkylation sites (N-methyl/N-ethyl adjacent to an activating group) is 1. The van der Waals surface area contributed by atoms with Crippen LogP contribution in [0.1, 0.15) is 30.1 Å². The number of amides is 1. The van der Waals surface area contributed by atoms with Crippen molar-refractivity contribution in [2.45, 2.75) is 41.6 Å². The number of fused-ring (bicyclic) bond motifs is 1. The first-order chi connectivity index (χ1) is 20.1. The summed E-state index contributed by atoms with van der Waals surface area (Å²) in [7, 11) is 0.0340. The van der Waals surface area contributed by atoms with E-state index >= 15 is 0 Å². The van der Waals surface area contributed by atoms with E-state index in [-0.39, 0.29) is 27.7 Å². The van der Waals surface area contributed by atoms with Gasteiger partial charge in [-0.05, 0) is 88.5 Å². The van der Waals surface area contributed by atoms with Crippen molar-refractivity contribution in [3.63, 3.8) is 0 Å². The molecule has 12 heteroatoms. The zero-order valence-corrected chi connectivity index (χ0v) is 24.6. The van der Waals surface area contributed by atoms with Gasteiger partial charge in [-0.1, -0.05) is 6.07 Å². The van der Waals surface area contributed by atoms with Gasteiger partial charge in [0.25, 0.3) is 5.91 Å². The number of nitrogens with one attached hydrogen (secondary N) is 4. The van der Waals surface area contributed by atoms with Crippen molar-refractivity contribution in [2.75, 3.05) is 49.8 Å². The number of nitrogens with zero attached hydrogens (tertiary/aromatic N) is 2. The molecule has 0 bridgehead atoms. The van der Waals surface area contributed by atoms with Crippen LogP contribution in [0.25, 0.3) is 10.9 Å².